The van der Waals surface area contributed by atoms with E-state index in [-0.39, 0.29) is 12.2 Å². The molecule has 4 aliphatic heterocycles. The Morgan fingerprint density at radius 3 is 1.05 bits per heavy atom. The Morgan fingerprint density at radius 1 is 0.393 bits per heavy atom. The van der Waals surface area contributed by atoms with Gasteiger partial charge < -0.3 is 8.85 Å². The van der Waals surface area contributed by atoms with E-state index in [1.807, 2.05) is 24.3 Å². The molecule has 0 atom stereocenters. The van der Waals surface area contributed by atoms with Crippen molar-refractivity contribution in [2.75, 3.05) is 0 Å². The predicted molar refractivity (Wildman–Crippen MR) is 249 cm³/mol. The van der Waals surface area contributed by atoms with Crippen LogP contribution in [0.1, 0.15) is 103 Å². The lowest BCUT2D eigenvalue weighted by molar-refractivity contribution is 0.0314. The van der Waals surface area contributed by atoms with Gasteiger partial charge in [0.05, 0.1) is 12.2 Å². The zero-order chi connectivity index (χ0) is 42.2. The quantitative estimate of drug-likeness (QED) is 0.115. The van der Waals surface area contributed by atoms with Crippen molar-refractivity contribution in [3.63, 3.8) is 0 Å². The third-order valence-corrected chi connectivity index (χ3v) is 15.2. The van der Waals surface area contributed by atoms with Crippen LogP contribution in [0, 0.1) is 23.7 Å². The molecular weight excluding hydrogens is 773 g/mol. The van der Waals surface area contributed by atoms with E-state index in [2.05, 4.69) is 137 Å². The molecule has 10 nitrogen and oxygen atoms in total. The molecule has 11 heteroatoms. The molecule has 6 aromatic rings. The maximum Gasteiger partial charge on any atom is 0.603 e. The summed E-state index contributed by atoms with van der Waals surface area (Å²) in [4.78, 5) is 33.1. The van der Waals surface area contributed by atoms with Gasteiger partial charge in [0.2, 0.25) is 0 Å². The fourth-order valence-corrected chi connectivity index (χ4v) is 13.3. The topological polar surface area (TPSA) is 102 Å². The van der Waals surface area contributed by atoms with Crippen LogP contribution >= 0.6 is 0 Å². The smallest absolute Gasteiger partial charge is 0.358 e. The molecule has 0 fully saturated rings. The molecule has 0 aliphatic carbocycles. The molecule has 0 radical (unpaired) electrons. The molecule has 10 rings (SSSR count). The minimum absolute atomic E-state index is 0.188. The number of aromatic nitrogens is 2. The summed E-state index contributed by atoms with van der Waals surface area (Å²) in [6, 6.07) is 33.4. The van der Waals surface area contributed by atoms with Gasteiger partial charge in [0.1, 0.15) is 22.6 Å². The number of hydrogen-bond donors (Lipinski definition) is 0. The highest BCUT2D eigenvalue weighted by atomic mass is 28.4. The largest absolute Gasteiger partial charge is 0.603 e. The first-order valence-electron chi connectivity index (χ1n) is 22.1. The highest BCUT2D eigenvalue weighted by Crippen LogP contribution is 2.45. The molecule has 4 aromatic carbocycles. The second kappa shape index (κ2) is 15.4. The van der Waals surface area contributed by atoms with Gasteiger partial charge in [-0.3, -0.25) is 8.47 Å². The molecular formula is C50H54N8O2Si. The van der Waals surface area contributed by atoms with Crippen molar-refractivity contribution in [3.05, 3.63) is 130 Å². The van der Waals surface area contributed by atoms with Crippen molar-refractivity contribution in [2.24, 2.45) is 53.6 Å². The van der Waals surface area contributed by atoms with Gasteiger partial charge in [0.25, 0.3) is 0 Å². The molecule has 61 heavy (non-hydrogen) atoms. The minimum atomic E-state index is -4.28. The SMILES string of the molecule is CC(C)CC(CC(C)C)O[Si]1(OC(CC(C)C)CC(C)C)n2c3c4ccccc4c2N=C2N=C(N=c4c5ccccc5c(n41)=NC1=NC(=N3)c3ccccc31)c1ccccc12. The number of benzene rings is 4. The van der Waals surface area contributed by atoms with Gasteiger partial charge in [0, 0.05) is 43.8 Å². The molecule has 310 valence electrons. The van der Waals surface area contributed by atoms with Crippen molar-refractivity contribution in [3.8, 4) is 0 Å². The van der Waals surface area contributed by atoms with Crippen LogP contribution in [0.15, 0.2) is 127 Å². The van der Waals surface area contributed by atoms with Gasteiger partial charge >= 0.3 is 8.88 Å². The molecule has 0 saturated carbocycles. The van der Waals surface area contributed by atoms with Gasteiger partial charge in [-0.1, -0.05) is 152 Å². The number of aliphatic imine (C=N–C) groups is 4. The van der Waals surface area contributed by atoms with E-state index in [1.54, 1.807) is 0 Å². The van der Waals surface area contributed by atoms with Crippen LogP contribution in [0.3, 0.4) is 0 Å². The lowest BCUT2D eigenvalue weighted by Crippen LogP contribution is -2.66. The lowest BCUT2D eigenvalue weighted by Gasteiger charge is -2.40. The highest BCUT2D eigenvalue weighted by molar-refractivity contribution is 6.66. The van der Waals surface area contributed by atoms with E-state index < -0.39 is 8.88 Å². The van der Waals surface area contributed by atoms with E-state index in [9.17, 15) is 0 Å². The van der Waals surface area contributed by atoms with Crippen molar-refractivity contribution in [2.45, 2.75) is 93.3 Å². The maximum absolute atomic E-state index is 8.23. The van der Waals surface area contributed by atoms with Gasteiger partial charge in [0.15, 0.2) is 23.3 Å². The fourth-order valence-electron chi connectivity index (χ4n) is 9.60. The van der Waals surface area contributed by atoms with Gasteiger partial charge in [-0.25, -0.2) is 30.0 Å². The average Bonchev–Trinajstić information content (AvgIpc) is 3.93. The summed E-state index contributed by atoms with van der Waals surface area (Å²) in [7, 11) is -4.28. The number of fused-ring (bicyclic) bond motifs is 14. The molecule has 0 saturated heterocycles. The van der Waals surface area contributed by atoms with Crippen LogP contribution in [0.5, 0.6) is 0 Å². The molecule has 2 aromatic heterocycles. The molecule has 6 bridgehead atoms. The van der Waals surface area contributed by atoms with Crippen LogP contribution in [0.25, 0.3) is 21.5 Å². The van der Waals surface area contributed by atoms with Crippen LogP contribution in [-0.4, -0.2) is 52.9 Å². The van der Waals surface area contributed by atoms with Crippen molar-refractivity contribution < 1.29 is 8.85 Å². The summed E-state index contributed by atoms with van der Waals surface area (Å²) >= 11 is 0. The Labute approximate surface area is 358 Å². The number of hydrogen-bond acceptors (Lipinski definition) is 8. The van der Waals surface area contributed by atoms with Gasteiger partial charge in [-0.05, 0) is 49.4 Å². The van der Waals surface area contributed by atoms with E-state index in [1.165, 1.54) is 0 Å². The zero-order valence-electron chi connectivity index (χ0n) is 36.4. The first-order valence-corrected chi connectivity index (χ1v) is 23.8. The number of nitrogens with zero attached hydrogens (tertiary/aromatic N) is 8. The van der Waals surface area contributed by atoms with Crippen molar-refractivity contribution in [1.82, 2.24) is 8.47 Å². The van der Waals surface area contributed by atoms with Gasteiger partial charge in [-0.2, -0.15) is 0 Å². The van der Waals surface area contributed by atoms with Crippen LogP contribution in [-0.2, 0) is 8.85 Å². The summed E-state index contributed by atoms with van der Waals surface area (Å²) in [5, 5.41) is 3.71. The Bertz CT molecular complexity index is 2770. The minimum Gasteiger partial charge on any atom is -0.358 e. The van der Waals surface area contributed by atoms with Crippen LogP contribution in [0.2, 0.25) is 0 Å². The summed E-state index contributed by atoms with van der Waals surface area (Å²) < 4.78 is 21.0. The molecule has 4 aliphatic rings. The Morgan fingerprint density at radius 2 is 0.705 bits per heavy atom. The summed E-state index contributed by atoms with van der Waals surface area (Å²) in [6.07, 6.45) is 2.96. The summed E-state index contributed by atoms with van der Waals surface area (Å²) in [6.45, 7) is 18.2. The normalized spacial score (nSPS) is 16.0. The summed E-state index contributed by atoms with van der Waals surface area (Å²) in [5.41, 5.74) is 5.06. The molecule has 0 spiro atoms. The van der Waals surface area contributed by atoms with E-state index in [4.69, 9.17) is 38.8 Å². The number of rotatable bonds is 12. The molecule has 0 N–H and O–H groups in total. The molecule has 0 amide bonds. The Balaban J connectivity index is 1.49. The monoisotopic (exact) mass is 826 g/mol. The zero-order valence-corrected chi connectivity index (χ0v) is 37.4. The third-order valence-electron chi connectivity index (χ3n) is 11.9. The Kier molecular flexibility index (Phi) is 9.96. The lowest BCUT2D eigenvalue weighted by atomic mass is 9.98. The van der Waals surface area contributed by atoms with Crippen LogP contribution < -0.4 is 11.0 Å². The van der Waals surface area contributed by atoms with Crippen molar-refractivity contribution in [1.29, 1.82) is 0 Å². The third kappa shape index (κ3) is 6.78. The highest BCUT2D eigenvalue weighted by Gasteiger charge is 2.55. The average molecular weight is 827 g/mol. The summed E-state index contributed by atoms with van der Waals surface area (Å²) in [5.74, 6) is 5.17. The van der Waals surface area contributed by atoms with Crippen LogP contribution in [0.4, 0.5) is 11.6 Å². The van der Waals surface area contributed by atoms with E-state index in [0.717, 1.165) is 69.5 Å². The standard InChI is InChI=1S/C50H54N8O2Si/c1-29(2)25-33(26-30(3)4)59-61(60-34(27-31(5)6)28-32(7)8)57-47-39-21-13-14-22-40(39)49(57)55-45-37-19-11-12-20-38(37)46(52-45)56-50-42-24-16-15-23-41(42)48(58(50)61)54-44-36-18-10-9-17-35(36)43(51-44)53-47/h9-24,29-34H,25-28H2,1-8H3. The maximum atomic E-state index is 8.23. The van der Waals surface area contributed by atoms with E-state index >= 15 is 0 Å². The second-order valence-electron chi connectivity index (χ2n) is 18.7. The van der Waals surface area contributed by atoms with Gasteiger partial charge in [-0.15, -0.1) is 0 Å². The first-order chi connectivity index (χ1) is 29.5. The van der Waals surface area contributed by atoms with E-state index in [0.29, 0.717) is 69.6 Å². The predicted octanol–water partition coefficient (Wildman–Crippen LogP) is 10.3. The molecule has 6 heterocycles. The second-order valence-corrected chi connectivity index (χ2v) is 21.1. The number of amidine groups is 4. The Hall–Kier alpha value is -5.62. The first kappa shape index (κ1) is 39.5. The molecule has 0 unspecified atom stereocenters. The van der Waals surface area contributed by atoms with Crippen molar-refractivity contribution >= 4 is 65.4 Å². The fraction of sp³-hybridized carbons (Fsp3) is 0.360.